The summed E-state index contributed by atoms with van der Waals surface area (Å²) in [6, 6.07) is 39.6. The van der Waals surface area contributed by atoms with Crippen LogP contribution in [0.4, 0.5) is 11.4 Å². The molecule has 0 atom stereocenters. The molecule has 12 nitrogen and oxygen atoms in total. The van der Waals surface area contributed by atoms with Crippen molar-refractivity contribution >= 4 is 35.6 Å². The number of ether oxygens (including phenoxy) is 2. The summed E-state index contributed by atoms with van der Waals surface area (Å²) in [5.74, 6) is -0.0449. The van der Waals surface area contributed by atoms with E-state index in [9.17, 15) is 20.2 Å². The third-order valence-corrected chi connectivity index (χ3v) is 7.02. The van der Waals surface area contributed by atoms with Crippen LogP contribution in [0.1, 0.15) is 11.1 Å². The zero-order valence-corrected chi connectivity index (χ0v) is 27.1. The minimum atomic E-state index is -1.34. The average Bonchev–Trinajstić information content (AvgIpc) is 3.15. The summed E-state index contributed by atoms with van der Waals surface area (Å²) in [6.07, 6.45) is 2.89. The monoisotopic (exact) mass is 692 g/mol. The number of hydrogen-bond acceptors (Lipinski definition) is 10. The standard InChI is InChI=1S/C18H14N2O3.C12H9ClN2O3.C6H7BO2/c21-20(22)17-16(15-9-5-2-6-10-15)11-12-19-18(17)23-13-14-7-3-1-4-8-14;13-10-6-7-14-12(11(10)15(16)17)18-8-9-4-2-1-3-5-9;8-7(9)6-4-2-1-3-5-6/h1-12H,13H2;1-7H,8H2;1-5,8-9H. The molecule has 252 valence electrons. The zero-order chi connectivity index (χ0) is 35.7. The van der Waals surface area contributed by atoms with Crippen molar-refractivity contribution in [2.24, 2.45) is 0 Å². The summed E-state index contributed by atoms with van der Waals surface area (Å²) in [5.41, 5.74) is 3.17. The van der Waals surface area contributed by atoms with E-state index in [0.29, 0.717) is 11.0 Å². The Morgan fingerprint density at radius 3 is 1.46 bits per heavy atom. The fourth-order valence-electron chi connectivity index (χ4n) is 4.33. The highest BCUT2D eigenvalue weighted by molar-refractivity contribution is 6.58. The normalized spacial score (nSPS) is 9.98. The Labute approximate surface area is 292 Å². The molecule has 0 bridgehead atoms. The summed E-state index contributed by atoms with van der Waals surface area (Å²) >= 11 is 5.74. The van der Waals surface area contributed by atoms with Crippen molar-refractivity contribution in [2.45, 2.75) is 13.2 Å². The molecule has 2 N–H and O–H groups in total. The predicted octanol–water partition coefficient (Wildman–Crippen LogP) is 6.82. The number of nitro groups is 2. The van der Waals surface area contributed by atoms with Crippen LogP contribution in [0.2, 0.25) is 5.02 Å². The van der Waals surface area contributed by atoms with Crippen LogP contribution in [-0.2, 0) is 13.2 Å². The van der Waals surface area contributed by atoms with Crippen LogP contribution in [-0.4, -0.2) is 37.0 Å². The first-order chi connectivity index (χ1) is 24.2. The van der Waals surface area contributed by atoms with Crippen molar-refractivity contribution < 1.29 is 29.4 Å². The molecule has 4 aromatic carbocycles. The number of pyridine rings is 2. The van der Waals surface area contributed by atoms with E-state index in [1.165, 1.54) is 18.5 Å². The van der Waals surface area contributed by atoms with E-state index in [1.807, 2.05) is 97.1 Å². The first-order valence-electron chi connectivity index (χ1n) is 15.0. The molecule has 6 aromatic rings. The number of nitrogens with zero attached hydrogens (tertiary/aromatic N) is 4. The van der Waals surface area contributed by atoms with Crippen molar-refractivity contribution in [1.29, 1.82) is 0 Å². The van der Waals surface area contributed by atoms with Gasteiger partial charge >= 0.3 is 18.5 Å². The molecule has 0 aliphatic rings. The molecule has 0 aliphatic carbocycles. The lowest BCUT2D eigenvalue weighted by atomic mass is 9.81. The Morgan fingerprint density at radius 1 is 0.600 bits per heavy atom. The summed E-state index contributed by atoms with van der Waals surface area (Å²) in [5, 5.41) is 39.5. The van der Waals surface area contributed by atoms with Crippen molar-refractivity contribution in [3.8, 4) is 22.9 Å². The second-order valence-corrected chi connectivity index (χ2v) is 10.6. The Hall–Kier alpha value is -6.15. The third-order valence-electron chi connectivity index (χ3n) is 6.72. The second kappa shape index (κ2) is 19.0. The topological polar surface area (TPSA) is 171 Å². The minimum Gasteiger partial charge on any atom is -0.468 e. The highest BCUT2D eigenvalue weighted by atomic mass is 35.5. The Bertz CT molecular complexity index is 1960. The molecule has 0 amide bonds. The minimum absolute atomic E-state index is 0.0121. The number of halogens is 1. The molecule has 6 rings (SSSR count). The van der Waals surface area contributed by atoms with Crippen molar-refractivity contribution in [3.63, 3.8) is 0 Å². The van der Waals surface area contributed by atoms with Gasteiger partial charge in [0.2, 0.25) is 0 Å². The number of benzene rings is 4. The number of rotatable bonds is 10. The summed E-state index contributed by atoms with van der Waals surface area (Å²) in [7, 11) is -1.34. The van der Waals surface area contributed by atoms with Gasteiger partial charge < -0.3 is 19.5 Å². The van der Waals surface area contributed by atoms with Gasteiger partial charge in [-0.05, 0) is 34.3 Å². The van der Waals surface area contributed by atoms with Gasteiger partial charge in [-0.15, -0.1) is 0 Å². The molecular weight excluding hydrogens is 663 g/mol. The molecule has 0 fully saturated rings. The number of hydrogen-bond donors (Lipinski definition) is 2. The quantitative estimate of drug-likeness (QED) is 0.0881. The van der Waals surface area contributed by atoms with Gasteiger partial charge in [-0.2, -0.15) is 0 Å². The Balaban J connectivity index is 0.000000184. The molecule has 0 spiro atoms. The van der Waals surface area contributed by atoms with E-state index in [2.05, 4.69) is 9.97 Å². The molecule has 2 aromatic heterocycles. The average molecular weight is 693 g/mol. The summed E-state index contributed by atoms with van der Waals surface area (Å²) in [4.78, 5) is 29.2. The van der Waals surface area contributed by atoms with Crippen LogP contribution in [0.5, 0.6) is 11.8 Å². The molecule has 14 heteroatoms. The van der Waals surface area contributed by atoms with Gasteiger partial charge in [-0.25, -0.2) is 9.97 Å². The Morgan fingerprint density at radius 2 is 1.02 bits per heavy atom. The van der Waals surface area contributed by atoms with E-state index >= 15 is 0 Å². The van der Waals surface area contributed by atoms with Gasteiger partial charge in [-0.3, -0.25) is 20.2 Å². The Kier molecular flexibility index (Phi) is 13.9. The lowest BCUT2D eigenvalue weighted by Crippen LogP contribution is -2.29. The van der Waals surface area contributed by atoms with E-state index in [1.54, 1.807) is 30.3 Å². The lowest BCUT2D eigenvalue weighted by molar-refractivity contribution is -0.386. The van der Waals surface area contributed by atoms with Gasteiger partial charge in [-0.1, -0.05) is 133 Å². The highest BCUT2D eigenvalue weighted by Crippen LogP contribution is 2.36. The van der Waals surface area contributed by atoms with Crippen molar-refractivity contribution in [1.82, 2.24) is 9.97 Å². The molecule has 0 saturated carbocycles. The smallest absolute Gasteiger partial charge is 0.468 e. The second-order valence-electron chi connectivity index (χ2n) is 10.2. The maximum Gasteiger partial charge on any atom is 0.488 e. The van der Waals surface area contributed by atoms with Crippen molar-refractivity contribution in [2.75, 3.05) is 0 Å². The third kappa shape index (κ3) is 11.0. The van der Waals surface area contributed by atoms with Crippen LogP contribution in [0, 0.1) is 20.2 Å². The van der Waals surface area contributed by atoms with Crippen LogP contribution < -0.4 is 14.9 Å². The van der Waals surface area contributed by atoms with Gasteiger partial charge in [0.1, 0.15) is 18.2 Å². The molecule has 0 aliphatic heterocycles. The predicted molar refractivity (Wildman–Crippen MR) is 190 cm³/mol. The molecular formula is C36H30BClN4O8. The molecule has 50 heavy (non-hydrogen) atoms. The fraction of sp³-hybridized carbons (Fsp3) is 0.0556. The highest BCUT2D eigenvalue weighted by Gasteiger charge is 2.24. The van der Waals surface area contributed by atoms with Crippen LogP contribution in [0.3, 0.4) is 0 Å². The molecule has 0 unspecified atom stereocenters. The van der Waals surface area contributed by atoms with E-state index in [4.69, 9.17) is 31.1 Å². The van der Waals surface area contributed by atoms with E-state index in [0.717, 1.165) is 16.7 Å². The summed E-state index contributed by atoms with van der Waals surface area (Å²) < 4.78 is 10.9. The largest absolute Gasteiger partial charge is 0.488 e. The SMILES string of the molecule is O=[N+]([O-])c1c(-c2ccccc2)ccnc1OCc1ccccc1.O=[N+]([O-])c1c(Cl)ccnc1OCc1ccccc1.OB(O)c1ccccc1. The van der Waals surface area contributed by atoms with Gasteiger partial charge in [0.15, 0.2) is 0 Å². The van der Waals surface area contributed by atoms with Crippen molar-refractivity contribution in [3.05, 3.63) is 182 Å². The molecule has 0 radical (unpaired) electrons. The van der Waals surface area contributed by atoms with Gasteiger partial charge in [0.05, 0.1) is 15.4 Å². The van der Waals surface area contributed by atoms with E-state index in [-0.39, 0.29) is 41.4 Å². The number of aromatic nitrogens is 2. The first-order valence-corrected chi connectivity index (χ1v) is 15.3. The lowest BCUT2D eigenvalue weighted by Gasteiger charge is -2.09. The first kappa shape index (κ1) is 36.7. The van der Waals surface area contributed by atoms with Crippen LogP contribution in [0.25, 0.3) is 11.1 Å². The summed E-state index contributed by atoms with van der Waals surface area (Å²) in [6.45, 7) is 0.432. The zero-order valence-electron chi connectivity index (χ0n) is 26.4. The molecule has 0 saturated heterocycles. The van der Waals surface area contributed by atoms with Gasteiger partial charge in [0, 0.05) is 12.4 Å². The van der Waals surface area contributed by atoms with Gasteiger partial charge in [0.25, 0.3) is 11.8 Å². The fourth-order valence-corrected chi connectivity index (χ4v) is 4.53. The van der Waals surface area contributed by atoms with Crippen LogP contribution in [0.15, 0.2) is 146 Å². The van der Waals surface area contributed by atoms with E-state index < -0.39 is 17.0 Å². The maximum absolute atomic E-state index is 11.5. The van der Waals surface area contributed by atoms with Crippen LogP contribution >= 0.6 is 11.6 Å². The molecule has 2 heterocycles. The maximum atomic E-state index is 11.5.